The maximum Gasteiger partial charge on any atom is 0.257 e. The van der Waals surface area contributed by atoms with Crippen molar-refractivity contribution < 1.29 is 14.3 Å². The molecule has 1 aliphatic rings. The third-order valence-corrected chi connectivity index (χ3v) is 4.45. The zero-order chi connectivity index (χ0) is 18.4. The van der Waals surface area contributed by atoms with Crippen molar-refractivity contribution >= 4 is 23.2 Å². The summed E-state index contributed by atoms with van der Waals surface area (Å²) >= 11 is 0. The Kier molecular flexibility index (Phi) is 5.86. The lowest BCUT2D eigenvalue weighted by molar-refractivity contribution is -0.120. The highest BCUT2D eigenvalue weighted by atomic mass is 16.5. The summed E-state index contributed by atoms with van der Waals surface area (Å²) in [5, 5.41) is 8.98. The molecule has 0 aliphatic carbocycles. The van der Waals surface area contributed by atoms with Gasteiger partial charge < -0.3 is 20.7 Å². The van der Waals surface area contributed by atoms with E-state index in [1.54, 1.807) is 55.6 Å². The van der Waals surface area contributed by atoms with Crippen LogP contribution in [0.25, 0.3) is 0 Å². The van der Waals surface area contributed by atoms with Gasteiger partial charge in [0.2, 0.25) is 5.91 Å². The van der Waals surface area contributed by atoms with Crippen LogP contribution >= 0.6 is 0 Å². The van der Waals surface area contributed by atoms with Crippen molar-refractivity contribution in [2.45, 2.75) is 12.8 Å². The van der Waals surface area contributed by atoms with Crippen LogP contribution in [0.5, 0.6) is 5.75 Å². The van der Waals surface area contributed by atoms with Gasteiger partial charge in [0, 0.05) is 12.2 Å². The summed E-state index contributed by atoms with van der Waals surface area (Å²) in [6, 6.07) is 14.1. The number of hydrogen-bond donors (Lipinski definition) is 3. The summed E-state index contributed by atoms with van der Waals surface area (Å²) in [4.78, 5) is 25.1. The van der Waals surface area contributed by atoms with Crippen LogP contribution in [0.15, 0.2) is 48.5 Å². The van der Waals surface area contributed by atoms with Gasteiger partial charge in [0.25, 0.3) is 5.91 Å². The van der Waals surface area contributed by atoms with Gasteiger partial charge in [0.1, 0.15) is 5.75 Å². The smallest absolute Gasteiger partial charge is 0.257 e. The number of carbonyl (C=O) groups excluding carboxylic acids is 2. The molecule has 0 aromatic heterocycles. The van der Waals surface area contributed by atoms with Crippen LogP contribution < -0.4 is 20.7 Å². The maximum atomic E-state index is 12.6. The summed E-state index contributed by atoms with van der Waals surface area (Å²) in [6.07, 6.45) is 1.84. The number of carbonyl (C=O) groups is 2. The van der Waals surface area contributed by atoms with E-state index in [9.17, 15) is 9.59 Å². The van der Waals surface area contributed by atoms with E-state index in [0.717, 1.165) is 25.1 Å². The molecule has 2 aromatic rings. The van der Waals surface area contributed by atoms with E-state index in [1.807, 2.05) is 0 Å². The Morgan fingerprint density at radius 2 is 1.85 bits per heavy atom. The lowest BCUT2D eigenvalue weighted by Gasteiger charge is -2.22. The number of anilines is 2. The van der Waals surface area contributed by atoms with Gasteiger partial charge in [-0.3, -0.25) is 9.59 Å². The molecular weight excluding hydrogens is 330 g/mol. The summed E-state index contributed by atoms with van der Waals surface area (Å²) in [5.74, 6) is 0.327. The van der Waals surface area contributed by atoms with E-state index in [1.165, 1.54) is 0 Å². The van der Waals surface area contributed by atoms with E-state index in [2.05, 4.69) is 16.0 Å². The van der Waals surface area contributed by atoms with Gasteiger partial charge in [-0.1, -0.05) is 12.1 Å². The SMILES string of the molecule is COc1ccc(NC(=O)c2ccccc2NC(=O)C2CCCNC2)cc1. The van der Waals surface area contributed by atoms with Gasteiger partial charge in [0.05, 0.1) is 24.3 Å². The van der Waals surface area contributed by atoms with Crippen molar-refractivity contribution in [3.8, 4) is 5.75 Å². The highest BCUT2D eigenvalue weighted by molar-refractivity contribution is 6.10. The number of piperidine rings is 1. The fraction of sp³-hybridized carbons (Fsp3) is 0.300. The molecule has 1 aliphatic heterocycles. The standard InChI is InChI=1S/C20H23N3O3/c1-26-16-10-8-15(9-11-16)22-20(25)17-6-2-3-7-18(17)23-19(24)14-5-4-12-21-13-14/h2-3,6-11,14,21H,4-5,12-13H2,1H3,(H,22,25)(H,23,24). The van der Waals surface area contributed by atoms with Gasteiger partial charge in [-0.25, -0.2) is 0 Å². The van der Waals surface area contributed by atoms with Gasteiger partial charge in [-0.15, -0.1) is 0 Å². The lowest BCUT2D eigenvalue weighted by Crippen LogP contribution is -2.37. The third-order valence-electron chi connectivity index (χ3n) is 4.45. The maximum absolute atomic E-state index is 12.6. The van der Waals surface area contributed by atoms with Crippen molar-refractivity contribution in [1.29, 1.82) is 0 Å². The van der Waals surface area contributed by atoms with Crippen LogP contribution in [0.3, 0.4) is 0 Å². The third kappa shape index (κ3) is 4.40. The average molecular weight is 353 g/mol. The second-order valence-electron chi connectivity index (χ2n) is 6.26. The van der Waals surface area contributed by atoms with Crippen LogP contribution in [0.1, 0.15) is 23.2 Å². The van der Waals surface area contributed by atoms with Crippen LogP contribution in [0, 0.1) is 5.92 Å². The molecule has 26 heavy (non-hydrogen) atoms. The molecule has 0 radical (unpaired) electrons. The topological polar surface area (TPSA) is 79.5 Å². The zero-order valence-electron chi connectivity index (χ0n) is 14.7. The quantitative estimate of drug-likeness (QED) is 0.772. The van der Waals surface area contributed by atoms with Gasteiger partial charge in [-0.2, -0.15) is 0 Å². The molecule has 1 unspecified atom stereocenters. The summed E-state index contributed by atoms with van der Waals surface area (Å²) in [7, 11) is 1.59. The van der Waals surface area contributed by atoms with E-state index in [-0.39, 0.29) is 17.7 Å². The second kappa shape index (κ2) is 8.49. The monoisotopic (exact) mass is 353 g/mol. The predicted molar refractivity (Wildman–Crippen MR) is 102 cm³/mol. The molecule has 0 bridgehead atoms. The average Bonchev–Trinajstić information content (AvgIpc) is 2.69. The fourth-order valence-corrected chi connectivity index (χ4v) is 2.97. The number of rotatable bonds is 5. The van der Waals surface area contributed by atoms with Crippen molar-refractivity contribution in [2.24, 2.45) is 5.92 Å². The minimum absolute atomic E-state index is 0.0538. The number of para-hydroxylation sites is 1. The molecule has 136 valence electrons. The molecule has 1 fully saturated rings. The number of hydrogen-bond acceptors (Lipinski definition) is 4. The van der Waals surface area contributed by atoms with Gasteiger partial charge >= 0.3 is 0 Å². The largest absolute Gasteiger partial charge is 0.497 e. The first kappa shape index (κ1) is 17.9. The lowest BCUT2D eigenvalue weighted by atomic mass is 9.98. The normalized spacial score (nSPS) is 16.6. The molecule has 1 heterocycles. The van der Waals surface area contributed by atoms with Crippen molar-refractivity contribution in [1.82, 2.24) is 5.32 Å². The zero-order valence-corrected chi connectivity index (χ0v) is 14.7. The minimum atomic E-state index is -0.271. The number of ether oxygens (including phenoxy) is 1. The van der Waals surface area contributed by atoms with Crippen LogP contribution in [-0.2, 0) is 4.79 Å². The number of nitrogens with one attached hydrogen (secondary N) is 3. The predicted octanol–water partition coefficient (Wildman–Crippen LogP) is 2.89. The first-order valence-electron chi connectivity index (χ1n) is 8.73. The van der Waals surface area contributed by atoms with Gasteiger partial charge in [-0.05, 0) is 55.8 Å². The first-order valence-corrected chi connectivity index (χ1v) is 8.73. The van der Waals surface area contributed by atoms with E-state index in [4.69, 9.17) is 4.74 Å². The highest BCUT2D eigenvalue weighted by Gasteiger charge is 2.22. The molecular formula is C20H23N3O3. The Labute approximate surface area is 152 Å². The number of methoxy groups -OCH3 is 1. The first-order chi connectivity index (χ1) is 12.7. The van der Waals surface area contributed by atoms with Crippen molar-refractivity contribution in [3.63, 3.8) is 0 Å². The van der Waals surface area contributed by atoms with Gasteiger partial charge in [0.15, 0.2) is 0 Å². The summed E-state index contributed by atoms with van der Waals surface area (Å²) in [5.41, 5.74) is 1.61. The second-order valence-corrected chi connectivity index (χ2v) is 6.26. The Balaban J connectivity index is 1.70. The number of amides is 2. The Hall–Kier alpha value is -2.86. The number of benzene rings is 2. The van der Waals surface area contributed by atoms with Crippen LogP contribution in [0.4, 0.5) is 11.4 Å². The van der Waals surface area contributed by atoms with Crippen molar-refractivity contribution in [3.05, 3.63) is 54.1 Å². The molecule has 0 saturated carbocycles. The van der Waals surface area contributed by atoms with E-state index < -0.39 is 0 Å². The summed E-state index contributed by atoms with van der Waals surface area (Å²) < 4.78 is 5.11. The molecule has 3 N–H and O–H groups in total. The minimum Gasteiger partial charge on any atom is -0.497 e. The molecule has 2 aromatic carbocycles. The van der Waals surface area contributed by atoms with Crippen LogP contribution in [-0.4, -0.2) is 32.0 Å². The van der Waals surface area contributed by atoms with Crippen molar-refractivity contribution in [2.75, 3.05) is 30.8 Å². The Bertz CT molecular complexity index is 768. The molecule has 3 rings (SSSR count). The van der Waals surface area contributed by atoms with E-state index in [0.29, 0.717) is 23.5 Å². The fourth-order valence-electron chi connectivity index (χ4n) is 2.97. The Morgan fingerprint density at radius 1 is 1.08 bits per heavy atom. The molecule has 2 amide bonds. The molecule has 6 nitrogen and oxygen atoms in total. The van der Waals surface area contributed by atoms with E-state index >= 15 is 0 Å². The molecule has 6 heteroatoms. The highest BCUT2D eigenvalue weighted by Crippen LogP contribution is 2.21. The molecule has 0 spiro atoms. The molecule has 1 atom stereocenters. The molecule has 1 saturated heterocycles. The van der Waals surface area contributed by atoms with Crippen LogP contribution in [0.2, 0.25) is 0 Å². The summed E-state index contributed by atoms with van der Waals surface area (Å²) in [6.45, 7) is 1.62. The Morgan fingerprint density at radius 3 is 2.54 bits per heavy atom.